The maximum Gasteiger partial charge on any atom is 0.214 e. The molecule has 8 heteroatoms. The van der Waals surface area contributed by atoms with E-state index in [-0.39, 0.29) is 11.4 Å². The second-order valence-electron chi connectivity index (χ2n) is 9.11. The standard InChI is InChI=1S/C22H29FN6S/c1-14-13-30-20-18(14)19(25-21(2)6-7-21)26-22(24,27-20)16-5-4-15(12-17(16)23)29-10-8-28(3)9-11-29/h4-5,12-13,27H,6-11,24H2,1-3H3,(H,25,26). The van der Waals surface area contributed by atoms with Crippen molar-refractivity contribution < 1.29 is 4.39 Å². The average molecular weight is 429 g/mol. The zero-order chi connectivity index (χ0) is 21.1. The second-order valence-corrected chi connectivity index (χ2v) is 9.99. The highest BCUT2D eigenvalue weighted by Gasteiger charge is 2.42. The van der Waals surface area contributed by atoms with E-state index < -0.39 is 5.79 Å². The summed E-state index contributed by atoms with van der Waals surface area (Å²) in [7, 11) is 2.11. The van der Waals surface area contributed by atoms with Crippen LogP contribution in [-0.2, 0) is 5.79 Å². The van der Waals surface area contributed by atoms with Crippen molar-refractivity contribution in [2.45, 2.75) is 38.0 Å². The van der Waals surface area contributed by atoms with Crippen LogP contribution >= 0.6 is 11.3 Å². The highest BCUT2D eigenvalue weighted by atomic mass is 32.1. The van der Waals surface area contributed by atoms with E-state index in [0.29, 0.717) is 5.56 Å². The Kier molecular flexibility index (Phi) is 4.57. The molecule has 6 nitrogen and oxygen atoms in total. The number of fused-ring (bicyclic) bond motifs is 1. The molecule has 2 fully saturated rings. The summed E-state index contributed by atoms with van der Waals surface area (Å²) in [5.74, 6) is -0.922. The van der Waals surface area contributed by atoms with E-state index in [1.165, 1.54) is 0 Å². The van der Waals surface area contributed by atoms with Crippen LogP contribution in [0.25, 0.3) is 0 Å². The number of piperazine rings is 1. The summed E-state index contributed by atoms with van der Waals surface area (Å²) >= 11 is 1.58. The lowest BCUT2D eigenvalue weighted by Gasteiger charge is -2.36. The predicted molar refractivity (Wildman–Crippen MR) is 122 cm³/mol. The van der Waals surface area contributed by atoms with Crippen LogP contribution in [-0.4, -0.2) is 49.5 Å². The second kappa shape index (κ2) is 6.93. The fourth-order valence-corrected chi connectivity index (χ4v) is 5.16. The van der Waals surface area contributed by atoms with E-state index in [1.54, 1.807) is 23.5 Å². The first-order valence-corrected chi connectivity index (χ1v) is 11.4. The zero-order valence-corrected chi connectivity index (χ0v) is 18.6. The fraction of sp³-hybridized carbons (Fsp3) is 0.500. The molecule has 4 N–H and O–H groups in total. The number of nitrogens with two attached hydrogens (primary N) is 1. The third-order valence-electron chi connectivity index (χ3n) is 6.46. The first-order valence-electron chi connectivity index (χ1n) is 10.5. The number of aryl methyl sites for hydroxylation is 1. The summed E-state index contributed by atoms with van der Waals surface area (Å²) in [6.45, 7) is 7.99. The van der Waals surface area contributed by atoms with Gasteiger partial charge in [-0.25, -0.2) is 9.38 Å². The molecule has 3 aliphatic rings. The van der Waals surface area contributed by atoms with E-state index in [9.17, 15) is 0 Å². The number of hydrogen-bond donors (Lipinski definition) is 3. The molecule has 3 heterocycles. The number of nitrogens with one attached hydrogen (secondary N) is 2. The number of nitrogens with zero attached hydrogens (tertiary/aromatic N) is 3. The molecule has 1 aliphatic carbocycles. The summed E-state index contributed by atoms with van der Waals surface area (Å²) in [6, 6.07) is 5.33. The third kappa shape index (κ3) is 3.46. The van der Waals surface area contributed by atoms with Crippen LogP contribution in [0.1, 0.15) is 36.5 Å². The minimum atomic E-state index is -1.34. The molecule has 0 amide bonds. The molecule has 2 aliphatic heterocycles. The number of anilines is 2. The Morgan fingerprint density at radius 2 is 1.97 bits per heavy atom. The Hall–Kier alpha value is -2.16. The molecule has 30 heavy (non-hydrogen) atoms. The lowest BCUT2D eigenvalue weighted by molar-refractivity contribution is 0.312. The smallest absolute Gasteiger partial charge is 0.214 e. The molecule has 1 saturated heterocycles. The molecule has 1 unspecified atom stereocenters. The van der Waals surface area contributed by atoms with Gasteiger partial charge in [0.05, 0.1) is 11.1 Å². The molecule has 1 aromatic carbocycles. The summed E-state index contributed by atoms with van der Waals surface area (Å²) in [5.41, 5.74) is 10.2. The van der Waals surface area contributed by atoms with E-state index in [4.69, 9.17) is 10.7 Å². The van der Waals surface area contributed by atoms with Crippen LogP contribution in [0.5, 0.6) is 0 Å². The van der Waals surface area contributed by atoms with Gasteiger partial charge in [0.2, 0.25) is 5.79 Å². The van der Waals surface area contributed by atoms with Gasteiger partial charge in [-0.3, -0.25) is 5.73 Å². The topological polar surface area (TPSA) is 68.9 Å². The highest BCUT2D eigenvalue weighted by molar-refractivity contribution is 7.14. The van der Waals surface area contributed by atoms with Crippen LogP contribution in [0.4, 0.5) is 15.1 Å². The predicted octanol–water partition coefficient (Wildman–Crippen LogP) is 3.03. The van der Waals surface area contributed by atoms with E-state index in [1.807, 2.05) is 6.07 Å². The number of hydrogen-bond acceptors (Lipinski definition) is 7. The highest BCUT2D eigenvalue weighted by Crippen LogP contribution is 2.41. The van der Waals surface area contributed by atoms with E-state index in [0.717, 1.165) is 66.7 Å². The number of rotatable bonds is 3. The molecule has 0 bridgehead atoms. The van der Waals surface area contributed by atoms with Crippen LogP contribution in [0.15, 0.2) is 28.6 Å². The van der Waals surface area contributed by atoms with Crippen LogP contribution in [0.3, 0.4) is 0 Å². The molecule has 160 valence electrons. The van der Waals surface area contributed by atoms with E-state index >= 15 is 4.39 Å². The van der Waals surface area contributed by atoms with Crippen molar-refractivity contribution in [1.82, 2.24) is 10.2 Å². The molecule has 1 aromatic heterocycles. The number of thiophene rings is 1. The van der Waals surface area contributed by atoms with Crippen molar-refractivity contribution >= 4 is 27.9 Å². The summed E-state index contributed by atoms with van der Waals surface area (Å²) in [4.78, 5) is 9.32. The first kappa shape index (κ1) is 19.8. The minimum Gasteiger partial charge on any atom is -0.369 e. The number of amidine groups is 1. The van der Waals surface area contributed by atoms with Gasteiger partial charge in [-0.2, -0.15) is 0 Å². The Bertz CT molecular complexity index is 1010. The van der Waals surface area contributed by atoms with Crippen molar-refractivity contribution in [3.63, 3.8) is 0 Å². The van der Waals surface area contributed by atoms with Crippen molar-refractivity contribution in [3.05, 3.63) is 46.1 Å². The lowest BCUT2D eigenvalue weighted by atomic mass is 10.0. The molecule has 5 rings (SSSR count). The molecule has 0 radical (unpaired) electrons. The number of likely N-dealkylation sites (N-methyl/N-ethyl adjacent to an activating group) is 1. The maximum absolute atomic E-state index is 15.3. The number of halogens is 1. The van der Waals surface area contributed by atoms with Gasteiger partial charge in [0.1, 0.15) is 16.7 Å². The largest absolute Gasteiger partial charge is 0.369 e. The van der Waals surface area contributed by atoms with Gasteiger partial charge in [-0.1, -0.05) is 0 Å². The van der Waals surface area contributed by atoms with Crippen molar-refractivity contribution in [2.75, 3.05) is 43.4 Å². The Morgan fingerprint density at radius 3 is 2.63 bits per heavy atom. The number of aliphatic imine (C=N–C) groups is 1. The van der Waals surface area contributed by atoms with Crippen LogP contribution in [0.2, 0.25) is 0 Å². The monoisotopic (exact) mass is 428 g/mol. The molecular formula is C22H29FN6S. The average Bonchev–Trinajstić information content (AvgIpc) is 3.30. The summed E-state index contributed by atoms with van der Waals surface area (Å²) in [5, 5.41) is 9.88. The van der Waals surface area contributed by atoms with Gasteiger partial charge in [0, 0.05) is 37.4 Å². The van der Waals surface area contributed by atoms with Crippen molar-refractivity contribution in [1.29, 1.82) is 0 Å². The summed E-state index contributed by atoms with van der Waals surface area (Å²) < 4.78 is 15.3. The van der Waals surface area contributed by atoms with Gasteiger partial charge in [-0.15, -0.1) is 11.3 Å². The van der Waals surface area contributed by atoms with Crippen molar-refractivity contribution in [3.8, 4) is 0 Å². The number of benzene rings is 1. The Labute approximate surface area is 181 Å². The van der Waals surface area contributed by atoms with Crippen molar-refractivity contribution in [2.24, 2.45) is 10.7 Å². The minimum absolute atomic E-state index is 0.0482. The lowest BCUT2D eigenvalue weighted by Crippen LogP contribution is -2.50. The molecular weight excluding hydrogens is 399 g/mol. The first-order chi connectivity index (χ1) is 14.3. The molecule has 2 aromatic rings. The molecule has 1 atom stereocenters. The van der Waals surface area contributed by atoms with Crippen LogP contribution in [0, 0.1) is 12.7 Å². The zero-order valence-electron chi connectivity index (χ0n) is 17.8. The quantitative estimate of drug-likeness (QED) is 0.701. The maximum atomic E-state index is 15.3. The van der Waals surface area contributed by atoms with Gasteiger partial charge >= 0.3 is 0 Å². The third-order valence-corrected chi connectivity index (χ3v) is 7.47. The Balaban J connectivity index is 1.49. The Morgan fingerprint density at radius 1 is 1.23 bits per heavy atom. The summed E-state index contributed by atoms with van der Waals surface area (Å²) in [6.07, 6.45) is 2.20. The van der Waals surface area contributed by atoms with E-state index in [2.05, 4.69) is 46.7 Å². The SMILES string of the molecule is Cc1csc2c1C(NC1(C)CC1)=NC(N)(c1ccc(N3CCN(C)CC3)cc1F)N2. The van der Waals surface area contributed by atoms with Gasteiger partial charge in [0.15, 0.2) is 0 Å². The molecule has 0 spiro atoms. The van der Waals surface area contributed by atoms with Gasteiger partial charge in [0.25, 0.3) is 0 Å². The normalized spacial score (nSPS) is 25.4. The molecule has 1 saturated carbocycles. The van der Waals surface area contributed by atoms with Crippen LogP contribution < -0.4 is 21.3 Å². The van der Waals surface area contributed by atoms with Gasteiger partial charge < -0.3 is 20.4 Å². The fourth-order valence-electron chi connectivity index (χ4n) is 4.15. The van der Waals surface area contributed by atoms with Gasteiger partial charge in [-0.05, 0) is 62.9 Å².